The summed E-state index contributed by atoms with van der Waals surface area (Å²) in [7, 11) is 0. The molecule has 1 fully saturated rings. The van der Waals surface area contributed by atoms with Gasteiger partial charge in [0.2, 0.25) is 0 Å². The molecule has 20 heavy (non-hydrogen) atoms. The number of fused-ring (bicyclic) bond motifs is 1. The summed E-state index contributed by atoms with van der Waals surface area (Å²) >= 11 is 0. The largest absolute Gasteiger partial charge is 0.377 e. The van der Waals surface area contributed by atoms with Gasteiger partial charge in [-0.15, -0.1) is 0 Å². The van der Waals surface area contributed by atoms with Crippen molar-refractivity contribution in [2.45, 2.75) is 38.3 Å². The van der Waals surface area contributed by atoms with E-state index in [9.17, 15) is 0 Å². The minimum absolute atomic E-state index is 0.0381. The standard InChI is InChI=1S/C17H22N2O/c1-2-20-17(13-7-8-13)15(18)11-14-10-9-12-5-3-4-6-16(12)19-14/h3-6,9-10,13,15,17H,2,7-8,11,18H2,1H3. The Labute approximate surface area is 120 Å². The lowest BCUT2D eigenvalue weighted by atomic mass is 10.0. The molecule has 1 aromatic heterocycles. The van der Waals surface area contributed by atoms with Crippen LogP contribution < -0.4 is 5.73 Å². The zero-order valence-corrected chi connectivity index (χ0v) is 12.0. The van der Waals surface area contributed by atoms with Gasteiger partial charge in [0, 0.05) is 30.1 Å². The summed E-state index contributed by atoms with van der Waals surface area (Å²) in [4.78, 5) is 4.70. The Bertz CT molecular complexity index is 580. The van der Waals surface area contributed by atoms with Gasteiger partial charge in [0.05, 0.1) is 11.6 Å². The summed E-state index contributed by atoms with van der Waals surface area (Å²) in [5.41, 5.74) is 8.45. The maximum atomic E-state index is 6.36. The van der Waals surface area contributed by atoms with Gasteiger partial charge >= 0.3 is 0 Å². The SMILES string of the molecule is CCOC(C(N)Cc1ccc2ccccc2n1)C1CC1. The van der Waals surface area contributed by atoms with Gasteiger partial charge in [-0.1, -0.05) is 24.3 Å². The number of benzene rings is 1. The molecule has 0 amide bonds. The molecular weight excluding hydrogens is 248 g/mol. The zero-order valence-electron chi connectivity index (χ0n) is 12.0. The highest BCUT2D eigenvalue weighted by Crippen LogP contribution is 2.36. The second kappa shape index (κ2) is 5.90. The van der Waals surface area contributed by atoms with Gasteiger partial charge < -0.3 is 10.5 Å². The average molecular weight is 270 g/mol. The molecule has 2 aromatic rings. The van der Waals surface area contributed by atoms with Crippen molar-refractivity contribution in [2.24, 2.45) is 11.7 Å². The van der Waals surface area contributed by atoms with E-state index in [1.165, 1.54) is 18.2 Å². The Morgan fingerprint density at radius 3 is 2.80 bits per heavy atom. The van der Waals surface area contributed by atoms with Crippen molar-refractivity contribution < 1.29 is 4.74 Å². The van der Waals surface area contributed by atoms with Crippen LogP contribution in [0.3, 0.4) is 0 Å². The average Bonchev–Trinajstić information content (AvgIpc) is 3.29. The van der Waals surface area contributed by atoms with Crippen molar-refractivity contribution in [3.8, 4) is 0 Å². The van der Waals surface area contributed by atoms with E-state index in [1.807, 2.05) is 25.1 Å². The van der Waals surface area contributed by atoms with Crippen LogP contribution in [0.4, 0.5) is 0 Å². The van der Waals surface area contributed by atoms with Gasteiger partial charge in [0.15, 0.2) is 0 Å². The number of para-hydroxylation sites is 1. The smallest absolute Gasteiger partial charge is 0.0757 e. The first-order chi connectivity index (χ1) is 9.78. The minimum Gasteiger partial charge on any atom is -0.377 e. The van der Waals surface area contributed by atoms with Crippen molar-refractivity contribution in [1.82, 2.24) is 4.98 Å². The maximum Gasteiger partial charge on any atom is 0.0757 e. The van der Waals surface area contributed by atoms with Crippen molar-refractivity contribution >= 4 is 10.9 Å². The summed E-state index contributed by atoms with van der Waals surface area (Å²) in [6.07, 6.45) is 3.48. The van der Waals surface area contributed by atoms with Crippen LogP contribution in [0.1, 0.15) is 25.5 Å². The Morgan fingerprint density at radius 2 is 2.05 bits per heavy atom. The monoisotopic (exact) mass is 270 g/mol. The topological polar surface area (TPSA) is 48.1 Å². The molecule has 1 heterocycles. The molecule has 3 nitrogen and oxygen atoms in total. The number of hydrogen-bond acceptors (Lipinski definition) is 3. The van der Waals surface area contributed by atoms with E-state index in [0.717, 1.165) is 24.2 Å². The van der Waals surface area contributed by atoms with E-state index >= 15 is 0 Å². The number of rotatable bonds is 6. The van der Waals surface area contributed by atoms with Gasteiger partial charge in [0.1, 0.15) is 0 Å². The van der Waals surface area contributed by atoms with E-state index in [4.69, 9.17) is 15.5 Å². The first-order valence-corrected chi connectivity index (χ1v) is 7.50. The maximum absolute atomic E-state index is 6.36. The van der Waals surface area contributed by atoms with Crippen molar-refractivity contribution in [3.63, 3.8) is 0 Å². The van der Waals surface area contributed by atoms with Crippen LogP contribution in [0, 0.1) is 5.92 Å². The van der Waals surface area contributed by atoms with Crippen molar-refractivity contribution in [3.05, 3.63) is 42.1 Å². The van der Waals surface area contributed by atoms with E-state index < -0.39 is 0 Å². The third-order valence-corrected chi connectivity index (χ3v) is 3.97. The summed E-state index contributed by atoms with van der Waals surface area (Å²) in [6.45, 7) is 2.77. The van der Waals surface area contributed by atoms with Crippen LogP contribution in [-0.4, -0.2) is 23.7 Å². The first kappa shape index (κ1) is 13.5. The van der Waals surface area contributed by atoms with Crippen LogP contribution >= 0.6 is 0 Å². The predicted octanol–water partition coefficient (Wildman–Crippen LogP) is 2.92. The molecule has 1 aliphatic rings. The summed E-state index contributed by atoms with van der Waals surface area (Å²) in [5.74, 6) is 0.658. The number of aromatic nitrogens is 1. The molecule has 0 spiro atoms. The highest BCUT2D eigenvalue weighted by atomic mass is 16.5. The normalized spacial score (nSPS) is 18.1. The molecule has 2 N–H and O–H groups in total. The molecule has 106 valence electrons. The second-order valence-electron chi connectivity index (χ2n) is 5.62. The van der Waals surface area contributed by atoms with E-state index in [0.29, 0.717) is 5.92 Å². The van der Waals surface area contributed by atoms with Crippen LogP contribution in [0.25, 0.3) is 10.9 Å². The number of nitrogens with two attached hydrogens (primary N) is 1. The molecule has 1 saturated carbocycles. The second-order valence-corrected chi connectivity index (χ2v) is 5.62. The highest BCUT2D eigenvalue weighted by molar-refractivity contribution is 5.78. The van der Waals surface area contributed by atoms with Gasteiger partial charge in [-0.05, 0) is 37.8 Å². The third-order valence-electron chi connectivity index (χ3n) is 3.97. The molecule has 3 rings (SSSR count). The summed E-state index contributed by atoms with van der Waals surface area (Å²) < 4.78 is 5.83. The summed E-state index contributed by atoms with van der Waals surface area (Å²) in [5, 5.41) is 1.17. The molecule has 2 atom stereocenters. The molecule has 3 heteroatoms. The molecule has 1 aliphatic carbocycles. The number of pyridine rings is 1. The van der Waals surface area contributed by atoms with E-state index in [-0.39, 0.29) is 12.1 Å². The van der Waals surface area contributed by atoms with Gasteiger partial charge in [-0.2, -0.15) is 0 Å². The van der Waals surface area contributed by atoms with Gasteiger partial charge in [-0.25, -0.2) is 0 Å². The zero-order chi connectivity index (χ0) is 13.9. The molecule has 0 bridgehead atoms. The van der Waals surface area contributed by atoms with Gasteiger partial charge in [0.25, 0.3) is 0 Å². The van der Waals surface area contributed by atoms with Crippen LogP contribution in [0.2, 0.25) is 0 Å². The quantitative estimate of drug-likeness (QED) is 0.878. The van der Waals surface area contributed by atoms with Crippen LogP contribution in [0.5, 0.6) is 0 Å². The predicted molar refractivity (Wildman–Crippen MR) is 81.6 cm³/mol. The Hall–Kier alpha value is -1.45. The fraction of sp³-hybridized carbons (Fsp3) is 0.471. The lowest BCUT2D eigenvalue weighted by molar-refractivity contribution is 0.0286. The fourth-order valence-corrected chi connectivity index (χ4v) is 2.81. The van der Waals surface area contributed by atoms with Crippen molar-refractivity contribution in [2.75, 3.05) is 6.61 Å². The summed E-state index contributed by atoms with van der Waals surface area (Å²) in [6, 6.07) is 12.4. The lowest BCUT2D eigenvalue weighted by Gasteiger charge is -2.23. The third kappa shape index (κ3) is 3.00. The van der Waals surface area contributed by atoms with Crippen LogP contribution in [-0.2, 0) is 11.2 Å². The van der Waals surface area contributed by atoms with Crippen molar-refractivity contribution in [1.29, 1.82) is 0 Å². The minimum atomic E-state index is 0.0381. The Balaban J connectivity index is 1.74. The fourth-order valence-electron chi connectivity index (χ4n) is 2.81. The van der Waals surface area contributed by atoms with E-state index in [1.54, 1.807) is 0 Å². The number of hydrogen-bond donors (Lipinski definition) is 1. The van der Waals surface area contributed by atoms with Gasteiger partial charge in [-0.3, -0.25) is 4.98 Å². The molecule has 0 radical (unpaired) electrons. The molecular formula is C17H22N2O. The molecule has 0 saturated heterocycles. The molecule has 0 aliphatic heterocycles. The Kier molecular flexibility index (Phi) is 3.99. The highest BCUT2D eigenvalue weighted by Gasteiger charge is 2.35. The van der Waals surface area contributed by atoms with E-state index in [2.05, 4.69) is 18.2 Å². The Morgan fingerprint density at radius 1 is 1.25 bits per heavy atom. The first-order valence-electron chi connectivity index (χ1n) is 7.50. The molecule has 1 aromatic carbocycles. The number of nitrogens with zero attached hydrogens (tertiary/aromatic N) is 1. The number of ether oxygens (including phenoxy) is 1. The van der Waals surface area contributed by atoms with Crippen LogP contribution in [0.15, 0.2) is 36.4 Å². The molecule has 2 unspecified atom stereocenters. The lowest BCUT2D eigenvalue weighted by Crippen LogP contribution is -2.40.